The first-order valence-electron chi connectivity index (χ1n) is 7.81. The number of likely N-dealkylation sites (N-methyl/N-ethyl adjacent to an activating group) is 1. The van der Waals surface area contributed by atoms with Gasteiger partial charge in [0.2, 0.25) is 0 Å². The normalized spacial score (nSPS) is 20.7. The first-order valence-corrected chi connectivity index (χ1v) is 7.81. The van der Waals surface area contributed by atoms with Crippen molar-refractivity contribution in [2.75, 3.05) is 20.6 Å². The van der Waals surface area contributed by atoms with Crippen molar-refractivity contribution in [3.8, 4) is 5.75 Å². The lowest BCUT2D eigenvalue weighted by molar-refractivity contribution is -0.141. The van der Waals surface area contributed by atoms with Crippen molar-refractivity contribution < 1.29 is 19.8 Å². The van der Waals surface area contributed by atoms with E-state index in [9.17, 15) is 19.8 Å². The molecule has 1 aliphatic rings. The van der Waals surface area contributed by atoms with Crippen LogP contribution in [0.3, 0.4) is 0 Å². The molecule has 2 aromatic carbocycles. The maximum atomic E-state index is 13.0. The quantitative estimate of drug-likeness (QED) is 0.897. The number of carbonyl (C=O) groups is 2. The molecule has 0 spiro atoms. The van der Waals surface area contributed by atoms with Crippen molar-refractivity contribution in [3.63, 3.8) is 0 Å². The molecule has 6 heteroatoms. The highest BCUT2D eigenvalue weighted by Gasteiger charge is 2.41. The minimum Gasteiger partial charge on any atom is -0.507 e. The summed E-state index contributed by atoms with van der Waals surface area (Å²) in [4.78, 5) is 27.9. The van der Waals surface area contributed by atoms with E-state index in [-0.39, 0.29) is 17.4 Å². The molecule has 1 fully saturated rings. The van der Waals surface area contributed by atoms with Gasteiger partial charge in [-0.1, -0.05) is 30.3 Å². The number of rotatable bonds is 3. The van der Waals surface area contributed by atoms with Crippen molar-refractivity contribution in [2.45, 2.75) is 18.5 Å². The van der Waals surface area contributed by atoms with Crippen LogP contribution in [0, 0.1) is 0 Å². The van der Waals surface area contributed by atoms with E-state index in [4.69, 9.17) is 0 Å². The number of likely N-dealkylation sites (tertiary alicyclic amines) is 1. The third kappa shape index (κ3) is 2.69. The maximum absolute atomic E-state index is 13.0. The third-order valence-corrected chi connectivity index (χ3v) is 4.68. The van der Waals surface area contributed by atoms with Gasteiger partial charge in [0, 0.05) is 12.6 Å². The molecule has 1 aliphatic heterocycles. The molecule has 3 rings (SSSR count). The SMILES string of the molecule is CN(C)[C@@H]1C[C@@H](C(=O)O)N(C(=O)c2c(O)ccc3ccccc23)C1. The zero-order valence-corrected chi connectivity index (χ0v) is 13.6. The van der Waals surface area contributed by atoms with Crippen molar-refractivity contribution >= 4 is 22.6 Å². The molecule has 0 aliphatic carbocycles. The Morgan fingerprint density at radius 3 is 2.54 bits per heavy atom. The van der Waals surface area contributed by atoms with Crippen molar-refractivity contribution in [3.05, 3.63) is 42.0 Å². The average molecular weight is 328 g/mol. The summed E-state index contributed by atoms with van der Waals surface area (Å²) in [5.74, 6) is -1.59. The molecule has 2 aromatic rings. The number of benzene rings is 2. The van der Waals surface area contributed by atoms with E-state index >= 15 is 0 Å². The zero-order valence-electron chi connectivity index (χ0n) is 13.6. The lowest BCUT2D eigenvalue weighted by Gasteiger charge is -2.23. The van der Waals surface area contributed by atoms with E-state index in [0.29, 0.717) is 18.4 Å². The zero-order chi connectivity index (χ0) is 17.4. The van der Waals surface area contributed by atoms with Gasteiger partial charge in [0.05, 0.1) is 5.56 Å². The highest BCUT2D eigenvalue weighted by atomic mass is 16.4. The molecule has 0 saturated carbocycles. The van der Waals surface area contributed by atoms with E-state index in [1.54, 1.807) is 18.2 Å². The predicted octanol–water partition coefficient (Wildman–Crippen LogP) is 1.77. The first-order chi connectivity index (χ1) is 11.4. The van der Waals surface area contributed by atoms with E-state index in [0.717, 1.165) is 5.39 Å². The van der Waals surface area contributed by atoms with Crippen LogP contribution < -0.4 is 0 Å². The van der Waals surface area contributed by atoms with Crippen LogP contribution >= 0.6 is 0 Å². The number of carboxylic acid groups (broad SMARTS) is 1. The Balaban J connectivity index is 2.05. The molecule has 0 unspecified atom stereocenters. The highest BCUT2D eigenvalue weighted by Crippen LogP contribution is 2.31. The lowest BCUT2D eigenvalue weighted by atomic mass is 10.0. The summed E-state index contributed by atoms with van der Waals surface area (Å²) < 4.78 is 0. The van der Waals surface area contributed by atoms with Gasteiger partial charge in [-0.25, -0.2) is 4.79 Å². The molecule has 0 radical (unpaired) electrons. The highest BCUT2D eigenvalue weighted by molar-refractivity contribution is 6.10. The maximum Gasteiger partial charge on any atom is 0.326 e. The van der Waals surface area contributed by atoms with Gasteiger partial charge < -0.3 is 20.0 Å². The fraction of sp³-hybridized carbons (Fsp3) is 0.333. The number of hydrogen-bond acceptors (Lipinski definition) is 4. The molecule has 6 nitrogen and oxygen atoms in total. The van der Waals surface area contributed by atoms with Gasteiger partial charge in [0.25, 0.3) is 5.91 Å². The predicted molar refractivity (Wildman–Crippen MR) is 90.2 cm³/mol. The fourth-order valence-electron chi connectivity index (χ4n) is 3.27. The number of aromatic hydroxyl groups is 1. The number of carboxylic acids is 1. The van der Waals surface area contributed by atoms with Gasteiger partial charge in [-0.3, -0.25) is 4.79 Å². The smallest absolute Gasteiger partial charge is 0.326 e. The summed E-state index contributed by atoms with van der Waals surface area (Å²) in [6.07, 6.45) is 0.375. The van der Waals surface area contributed by atoms with E-state index < -0.39 is 17.9 Å². The lowest BCUT2D eigenvalue weighted by Crippen LogP contribution is -2.41. The molecule has 126 valence electrons. The second-order valence-corrected chi connectivity index (χ2v) is 6.35. The number of nitrogens with zero attached hydrogens (tertiary/aromatic N) is 2. The number of aliphatic carboxylic acids is 1. The summed E-state index contributed by atoms with van der Waals surface area (Å²) in [5, 5.41) is 21.2. The number of carbonyl (C=O) groups excluding carboxylic acids is 1. The third-order valence-electron chi connectivity index (χ3n) is 4.68. The van der Waals surface area contributed by atoms with E-state index in [1.165, 1.54) is 11.0 Å². The Morgan fingerprint density at radius 1 is 1.17 bits per heavy atom. The summed E-state index contributed by atoms with van der Waals surface area (Å²) in [6.45, 7) is 0.325. The minimum absolute atomic E-state index is 0.0211. The van der Waals surface area contributed by atoms with Gasteiger partial charge in [0.15, 0.2) is 0 Å². The van der Waals surface area contributed by atoms with Crippen molar-refractivity contribution in [2.24, 2.45) is 0 Å². The fourth-order valence-corrected chi connectivity index (χ4v) is 3.27. The molecule has 0 aromatic heterocycles. The molecule has 2 atom stereocenters. The Hall–Kier alpha value is -2.60. The van der Waals surface area contributed by atoms with Crippen LogP contribution in [0.2, 0.25) is 0 Å². The van der Waals surface area contributed by atoms with Crippen LogP contribution in [0.5, 0.6) is 5.75 Å². The second-order valence-electron chi connectivity index (χ2n) is 6.35. The number of phenols is 1. The molecule has 1 saturated heterocycles. The van der Waals surface area contributed by atoms with Crippen molar-refractivity contribution in [1.29, 1.82) is 0 Å². The van der Waals surface area contributed by atoms with Gasteiger partial charge in [-0.05, 0) is 37.4 Å². The summed E-state index contributed by atoms with van der Waals surface area (Å²) in [5.41, 5.74) is 0.166. The summed E-state index contributed by atoms with van der Waals surface area (Å²) in [7, 11) is 3.74. The van der Waals surface area contributed by atoms with Gasteiger partial charge in [-0.2, -0.15) is 0 Å². The Kier molecular flexibility index (Phi) is 4.15. The Bertz CT molecular complexity index is 803. The number of amides is 1. The minimum atomic E-state index is -1.02. The van der Waals surface area contributed by atoms with Gasteiger partial charge in [0.1, 0.15) is 11.8 Å². The van der Waals surface area contributed by atoms with Crippen LogP contribution in [-0.2, 0) is 4.79 Å². The van der Waals surface area contributed by atoms with Gasteiger partial charge in [-0.15, -0.1) is 0 Å². The van der Waals surface area contributed by atoms with E-state index in [2.05, 4.69) is 0 Å². The Morgan fingerprint density at radius 2 is 1.88 bits per heavy atom. The topological polar surface area (TPSA) is 81.1 Å². The standard InChI is InChI=1S/C18H20N2O4/c1-19(2)12-9-14(18(23)24)20(10-12)17(22)16-13-6-4-3-5-11(13)7-8-15(16)21/h3-8,12,14,21H,9-10H2,1-2H3,(H,23,24)/t12-,14+/m1/s1. The van der Waals surface area contributed by atoms with E-state index in [1.807, 2.05) is 31.1 Å². The molecule has 0 bridgehead atoms. The summed E-state index contributed by atoms with van der Waals surface area (Å²) in [6, 6.07) is 9.57. The molecule has 24 heavy (non-hydrogen) atoms. The number of phenolic OH excluding ortho intramolecular Hbond substituents is 1. The van der Waals surface area contributed by atoms with Crippen LogP contribution in [0.15, 0.2) is 36.4 Å². The van der Waals surface area contributed by atoms with Crippen molar-refractivity contribution in [1.82, 2.24) is 9.80 Å². The molecule has 1 heterocycles. The van der Waals surface area contributed by atoms with Gasteiger partial charge >= 0.3 is 5.97 Å². The first kappa shape index (κ1) is 16.3. The second kappa shape index (κ2) is 6.13. The average Bonchev–Trinajstić information content (AvgIpc) is 3.00. The number of fused-ring (bicyclic) bond motifs is 1. The van der Waals surface area contributed by atoms with Crippen LogP contribution in [0.4, 0.5) is 0 Å². The molecule has 1 amide bonds. The van der Waals surface area contributed by atoms with Crippen LogP contribution in [0.1, 0.15) is 16.8 Å². The molecule has 2 N–H and O–H groups in total. The number of hydrogen-bond donors (Lipinski definition) is 2. The molecular weight excluding hydrogens is 308 g/mol. The summed E-state index contributed by atoms with van der Waals surface area (Å²) >= 11 is 0. The monoisotopic (exact) mass is 328 g/mol. The Labute approximate surface area is 139 Å². The van der Waals surface area contributed by atoms with Crippen LogP contribution in [-0.4, -0.2) is 64.6 Å². The van der Waals surface area contributed by atoms with Crippen LogP contribution in [0.25, 0.3) is 10.8 Å². The molecular formula is C18H20N2O4. The largest absolute Gasteiger partial charge is 0.507 e.